The van der Waals surface area contributed by atoms with Crippen molar-refractivity contribution in [1.29, 1.82) is 0 Å². The third-order valence-electron chi connectivity index (χ3n) is 8.92. The van der Waals surface area contributed by atoms with Crippen molar-refractivity contribution in [3.8, 4) is 0 Å². The zero-order valence-electron chi connectivity index (χ0n) is 29.6. The van der Waals surface area contributed by atoms with Crippen LogP contribution in [0.4, 0.5) is 26.3 Å². The number of nitrogens with zero attached hydrogens (tertiary/aromatic N) is 3. The van der Waals surface area contributed by atoms with E-state index in [4.69, 9.17) is 19.8 Å². The number of aliphatic carboxylic acids is 2. The van der Waals surface area contributed by atoms with E-state index >= 15 is 0 Å². The fourth-order valence-electron chi connectivity index (χ4n) is 6.66. The van der Waals surface area contributed by atoms with Crippen molar-refractivity contribution in [2.24, 2.45) is 0 Å². The molecule has 2 fully saturated rings. The number of hydrogen-bond acceptors (Lipinski definition) is 6. The highest BCUT2D eigenvalue weighted by atomic mass is 19.4. The first-order valence-electron chi connectivity index (χ1n) is 16.8. The van der Waals surface area contributed by atoms with E-state index in [0.29, 0.717) is 19.0 Å². The van der Waals surface area contributed by atoms with Gasteiger partial charge in [-0.3, -0.25) is 14.6 Å². The average Bonchev–Trinajstić information content (AvgIpc) is 3.23. The maximum Gasteiger partial charge on any atom is 0.490 e. The molecule has 2 aliphatic heterocycles. The molecule has 0 bridgehead atoms. The highest BCUT2D eigenvalue weighted by Crippen LogP contribution is 2.34. The molecule has 0 radical (unpaired) electrons. The molecule has 0 aliphatic carbocycles. The number of alkyl halides is 6. The van der Waals surface area contributed by atoms with Crippen LogP contribution in [-0.2, 0) is 16.1 Å². The fourth-order valence-corrected chi connectivity index (χ4v) is 6.66. The minimum absolute atomic E-state index is 0.103. The molecule has 5 rings (SSSR count). The van der Waals surface area contributed by atoms with E-state index < -0.39 is 29.9 Å². The van der Waals surface area contributed by atoms with Crippen LogP contribution in [0.2, 0.25) is 0 Å². The van der Waals surface area contributed by atoms with Gasteiger partial charge in [-0.05, 0) is 88.7 Å². The number of para-hydroxylation sites is 1. The summed E-state index contributed by atoms with van der Waals surface area (Å²) in [5, 5.41) is 25.7. The van der Waals surface area contributed by atoms with Crippen LogP contribution < -0.4 is 0 Å². The van der Waals surface area contributed by atoms with Crippen molar-refractivity contribution >= 4 is 28.7 Å². The van der Waals surface area contributed by atoms with Crippen LogP contribution in [0.5, 0.6) is 0 Å². The van der Waals surface area contributed by atoms with E-state index in [1.807, 2.05) is 24.8 Å². The number of nitrogens with one attached hydrogen (secondary N) is 1. The van der Waals surface area contributed by atoms with Crippen molar-refractivity contribution in [2.75, 3.05) is 45.8 Å². The minimum Gasteiger partial charge on any atom is -0.475 e. The summed E-state index contributed by atoms with van der Waals surface area (Å²) < 4.78 is 63.5. The van der Waals surface area contributed by atoms with Gasteiger partial charge in [-0.1, -0.05) is 36.4 Å². The third-order valence-corrected chi connectivity index (χ3v) is 8.92. The van der Waals surface area contributed by atoms with Crippen LogP contribution in [0.1, 0.15) is 71.8 Å². The molecular formula is C36H46F6N4O6. The van der Waals surface area contributed by atoms with Gasteiger partial charge < -0.3 is 25.2 Å². The molecule has 2 saturated heterocycles. The summed E-state index contributed by atoms with van der Waals surface area (Å²) >= 11 is 0. The first-order valence-corrected chi connectivity index (χ1v) is 16.8. The van der Waals surface area contributed by atoms with Crippen LogP contribution in [0, 0.1) is 13.8 Å². The summed E-state index contributed by atoms with van der Waals surface area (Å²) in [6.07, 6.45) is -6.94. The van der Waals surface area contributed by atoms with Crippen molar-refractivity contribution in [1.82, 2.24) is 19.7 Å². The van der Waals surface area contributed by atoms with Gasteiger partial charge in [0.1, 0.15) is 5.69 Å². The first-order chi connectivity index (χ1) is 24.1. The molecule has 1 aromatic heterocycles. The number of carbonyl (C=O) groups is 3. The fraction of sp³-hybridized carbons (Fsp3) is 0.528. The number of fused-ring (bicyclic) bond motifs is 1. The summed E-state index contributed by atoms with van der Waals surface area (Å²) in [4.78, 5) is 42.0. The molecule has 0 unspecified atom stereocenters. The predicted molar refractivity (Wildman–Crippen MR) is 182 cm³/mol. The van der Waals surface area contributed by atoms with E-state index in [1.165, 1.54) is 16.7 Å². The molecule has 1 amide bonds. The van der Waals surface area contributed by atoms with Gasteiger partial charge in [0.05, 0.1) is 5.60 Å². The molecule has 288 valence electrons. The number of aryl methyl sites for hydroxylation is 2. The number of benzene rings is 2. The number of β-amino-alcohol motifs (C(OH)–C–C–N with tert-alkyl or cyclic N) is 1. The Hall–Kier alpha value is -4.15. The number of carboxylic acid groups (broad SMARTS) is 2. The number of aromatic nitrogens is 1. The zero-order chi connectivity index (χ0) is 39.0. The Balaban J connectivity index is 0.000000441. The van der Waals surface area contributed by atoms with E-state index in [0.717, 1.165) is 80.7 Å². The molecule has 2 aliphatic rings. The molecule has 52 heavy (non-hydrogen) atoms. The quantitative estimate of drug-likeness (QED) is 0.215. The summed E-state index contributed by atoms with van der Waals surface area (Å²) in [7, 11) is 0. The van der Waals surface area contributed by atoms with Gasteiger partial charge in [0.25, 0.3) is 5.91 Å². The van der Waals surface area contributed by atoms with Gasteiger partial charge in [0.2, 0.25) is 0 Å². The van der Waals surface area contributed by atoms with Crippen molar-refractivity contribution < 1.29 is 56.0 Å². The Morgan fingerprint density at radius 3 is 1.83 bits per heavy atom. The largest absolute Gasteiger partial charge is 0.490 e. The SMILES string of the molecule is Cc1cccc(C)c1C1CCN(Cc2c(C(=O)N3CCCN(CC(C)(C)O)CC3)[nH]c3ccccc23)CC1.O=C(O)C(F)(F)F.O=C(O)C(F)(F)F. The van der Waals surface area contributed by atoms with Gasteiger partial charge in [-0.15, -0.1) is 0 Å². The normalized spacial score (nSPS) is 16.7. The van der Waals surface area contributed by atoms with Crippen molar-refractivity contribution in [3.05, 3.63) is 70.4 Å². The van der Waals surface area contributed by atoms with Gasteiger partial charge in [-0.2, -0.15) is 26.3 Å². The second-order valence-corrected chi connectivity index (χ2v) is 13.7. The number of likely N-dealkylation sites (tertiary alicyclic amines) is 1. The molecule has 4 N–H and O–H groups in total. The Kier molecular flexibility index (Phi) is 14.3. The molecule has 0 atom stereocenters. The minimum atomic E-state index is -5.08. The number of amides is 1. The van der Waals surface area contributed by atoms with Crippen LogP contribution in [0.25, 0.3) is 10.9 Å². The Labute approximate surface area is 298 Å². The van der Waals surface area contributed by atoms with E-state index in [-0.39, 0.29) is 5.91 Å². The lowest BCUT2D eigenvalue weighted by atomic mass is 9.84. The highest BCUT2D eigenvalue weighted by molar-refractivity contribution is 6.01. The van der Waals surface area contributed by atoms with Crippen LogP contribution in [0.3, 0.4) is 0 Å². The number of carboxylic acids is 2. The molecule has 3 heterocycles. The number of piperidine rings is 1. The lowest BCUT2D eigenvalue weighted by Gasteiger charge is -2.33. The molecule has 0 spiro atoms. The van der Waals surface area contributed by atoms with Gasteiger partial charge >= 0.3 is 24.3 Å². The Bertz CT molecular complexity index is 1630. The van der Waals surface area contributed by atoms with E-state index in [2.05, 4.69) is 65.0 Å². The predicted octanol–water partition coefficient (Wildman–Crippen LogP) is 6.35. The Morgan fingerprint density at radius 1 is 0.769 bits per heavy atom. The van der Waals surface area contributed by atoms with Crippen LogP contribution in [0.15, 0.2) is 42.5 Å². The zero-order valence-corrected chi connectivity index (χ0v) is 29.6. The number of hydrogen-bond donors (Lipinski definition) is 4. The van der Waals surface area contributed by atoms with Crippen molar-refractivity contribution in [2.45, 2.75) is 77.4 Å². The van der Waals surface area contributed by atoms with Crippen LogP contribution in [-0.4, -0.2) is 117 Å². The smallest absolute Gasteiger partial charge is 0.475 e. The third kappa shape index (κ3) is 12.2. The molecule has 2 aromatic carbocycles. The van der Waals surface area contributed by atoms with E-state index in [1.54, 1.807) is 0 Å². The molecule has 10 nitrogen and oxygen atoms in total. The lowest BCUT2D eigenvalue weighted by Crippen LogP contribution is -2.41. The first kappa shape index (κ1) is 42.3. The average molecular weight is 745 g/mol. The maximum absolute atomic E-state index is 13.9. The van der Waals surface area contributed by atoms with Gasteiger partial charge in [-0.25, -0.2) is 9.59 Å². The van der Waals surface area contributed by atoms with Crippen LogP contribution >= 0.6 is 0 Å². The lowest BCUT2D eigenvalue weighted by molar-refractivity contribution is -0.193. The number of halogens is 6. The van der Waals surface area contributed by atoms with Crippen molar-refractivity contribution in [3.63, 3.8) is 0 Å². The summed E-state index contributed by atoms with van der Waals surface area (Å²) in [6, 6.07) is 15.0. The number of aliphatic hydroxyl groups is 1. The Morgan fingerprint density at radius 2 is 1.31 bits per heavy atom. The molecule has 16 heteroatoms. The molecular weight excluding hydrogens is 698 g/mol. The summed E-state index contributed by atoms with van der Waals surface area (Å²) in [6.45, 7) is 14.8. The standard InChI is InChI=1S/C32H44N4O2.2C2HF3O2/c1-23-9-7-10-24(2)29(23)25-13-17-34(18-14-25)21-27-26-11-5-6-12-28(26)33-30(27)31(37)36-16-8-15-35(19-20-36)22-32(3,4)38;2*3-2(4,5)1(6)7/h5-7,9-12,25,33,38H,8,13-22H2,1-4H3;2*(H,6,7). The van der Waals surface area contributed by atoms with Gasteiger partial charge in [0.15, 0.2) is 0 Å². The number of rotatable bonds is 6. The highest BCUT2D eigenvalue weighted by Gasteiger charge is 2.39. The monoisotopic (exact) mass is 744 g/mol. The number of carbonyl (C=O) groups excluding carboxylic acids is 1. The number of H-pyrrole nitrogens is 1. The number of aromatic amines is 1. The molecule has 3 aromatic rings. The topological polar surface area (TPSA) is 137 Å². The second kappa shape index (κ2) is 17.6. The second-order valence-electron chi connectivity index (χ2n) is 13.7. The van der Waals surface area contributed by atoms with Gasteiger partial charge in [0, 0.05) is 55.7 Å². The van der Waals surface area contributed by atoms with E-state index in [9.17, 15) is 36.2 Å². The summed E-state index contributed by atoms with van der Waals surface area (Å²) in [5.74, 6) is -4.80. The molecule has 0 saturated carbocycles. The maximum atomic E-state index is 13.9. The summed E-state index contributed by atoms with van der Waals surface area (Å²) in [5.41, 5.74) is 6.55.